The Morgan fingerprint density at radius 3 is 2.72 bits per heavy atom. The van der Waals surface area contributed by atoms with Crippen LogP contribution in [0.5, 0.6) is 0 Å². The van der Waals surface area contributed by atoms with E-state index >= 15 is 0 Å². The lowest BCUT2D eigenvalue weighted by Crippen LogP contribution is -2.12. The monoisotopic (exact) mass is 329 g/mol. The Morgan fingerprint density at radius 2 is 2.11 bits per heavy atom. The number of nitrogens with zero attached hydrogens (tertiary/aromatic N) is 2. The number of benzene rings is 1. The zero-order valence-corrected chi connectivity index (χ0v) is 12.1. The quantitative estimate of drug-likeness (QED) is 0.937. The molecule has 0 aliphatic rings. The highest BCUT2D eigenvalue weighted by Gasteiger charge is 2.17. The largest absolute Gasteiger partial charge is 0.278 e. The van der Waals surface area contributed by atoms with Crippen LogP contribution < -0.4 is 4.72 Å². The Bertz CT molecular complexity index is 652. The second kappa shape index (κ2) is 5.11. The van der Waals surface area contributed by atoms with E-state index in [2.05, 4.69) is 25.8 Å². The van der Waals surface area contributed by atoms with Gasteiger partial charge in [-0.15, -0.1) is 0 Å². The molecular formula is C11H12BrN3O2S. The summed E-state index contributed by atoms with van der Waals surface area (Å²) in [7, 11) is -3.59. The number of rotatable bonds is 4. The fraction of sp³-hybridized carbons (Fsp3) is 0.182. The van der Waals surface area contributed by atoms with Crippen LogP contribution in [0.4, 0.5) is 5.69 Å². The minimum absolute atomic E-state index is 0.153. The van der Waals surface area contributed by atoms with Crippen LogP contribution in [0.3, 0.4) is 0 Å². The van der Waals surface area contributed by atoms with Gasteiger partial charge in [-0.2, -0.15) is 5.10 Å². The Labute approximate surface area is 114 Å². The molecule has 2 aromatic rings. The fourth-order valence-electron chi connectivity index (χ4n) is 1.40. The first-order chi connectivity index (χ1) is 8.53. The number of hydrogen-bond donors (Lipinski definition) is 1. The van der Waals surface area contributed by atoms with Crippen molar-refractivity contribution in [1.29, 1.82) is 0 Å². The molecule has 0 saturated heterocycles. The summed E-state index contributed by atoms with van der Waals surface area (Å²) in [6.07, 6.45) is 2.84. The normalized spacial score (nSPS) is 11.4. The Kier molecular flexibility index (Phi) is 3.72. The number of hydrogen-bond acceptors (Lipinski definition) is 3. The van der Waals surface area contributed by atoms with Gasteiger partial charge in [0.2, 0.25) is 0 Å². The first kappa shape index (κ1) is 13.1. The standard InChI is InChI=1S/C11H12BrN3O2S/c1-2-15-8-9(7-13-15)18(16,17)14-11-6-4-3-5-10(11)12/h3-8,14H,2H2,1H3. The molecule has 0 bridgehead atoms. The highest BCUT2D eigenvalue weighted by Crippen LogP contribution is 2.24. The average Bonchev–Trinajstić information content (AvgIpc) is 2.81. The highest BCUT2D eigenvalue weighted by molar-refractivity contribution is 9.10. The van der Waals surface area contributed by atoms with E-state index in [1.54, 1.807) is 22.9 Å². The molecule has 96 valence electrons. The van der Waals surface area contributed by atoms with Gasteiger partial charge in [-0.3, -0.25) is 9.40 Å². The molecule has 2 rings (SSSR count). The van der Waals surface area contributed by atoms with Gasteiger partial charge >= 0.3 is 0 Å². The Morgan fingerprint density at radius 1 is 1.39 bits per heavy atom. The van der Waals surface area contributed by atoms with E-state index < -0.39 is 10.0 Å². The third kappa shape index (κ3) is 2.73. The smallest absolute Gasteiger partial charge is 0.265 e. The summed E-state index contributed by atoms with van der Waals surface area (Å²) in [5.74, 6) is 0. The second-order valence-electron chi connectivity index (χ2n) is 3.62. The molecule has 0 atom stereocenters. The van der Waals surface area contributed by atoms with Crippen LogP contribution in [0.2, 0.25) is 0 Å². The number of sulfonamides is 1. The van der Waals surface area contributed by atoms with Crippen LogP contribution in [0.1, 0.15) is 6.92 Å². The molecule has 0 saturated carbocycles. The SMILES string of the molecule is CCn1cc(S(=O)(=O)Nc2ccccc2Br)cn1. The van der Waals surface area contributed by atoms with E-state index in [9.17, 15) is 8.42 Å². The van der Waals surface area contributed by atoms with Crippen LogP contribution in [0, 0.1) is 0 Å². The fourth-order valence-corrected chi connectivity index (χ4v) is 2.95. The molecule has 0 aliphatic carbocycles. The van der Waals surface area contributed by atoms with Gasteiger partial charge in [-0.05, 0) is 35.0 Å². The van der Waals surface area contributed by atoms with Crippen molar-refractivity contribution in [2.75, 3.05) is 4.72 Å². The summed E-state index contributed by atoms with van der Waals surface area (Å²) >= 11 is 3.29. The van der Waals surface area contributed by atoms with Gasteiger partial charge in [-0.25, -0.2) is 8.42 Å². The minimum atomic E-state index is -3.59. The van der Waals surface area contributed by atoms with Crippen molar-refractivity contribution >= 4 is 31.6 Å². The number of nitrogens with one attached hydrogen (secondary N) is 1. The van der Waals surface area contributed by atoms with Crippen molar-refractivity contribution in [3.05, 3.63) is 41.1 Å². The topological polar surface area (TPSA) is 64.0 Å². The Hall–Kier alpha value is -1.34. The lowest BCUT2D eigenvalue weighted by Gasteiger charge is -2.07. The van der Waals surface area contributed by atoms with Crippen LogP contribution in [-0.2, 0) is 16.6 Å². The van der Waals surface area contributed by atoms with Gasteiger partial charge in [0.25, 0.3) is 10.0 Å². The number of anilines is 1. The third-order valence-corrected chi connectivity index (χ3v) is 4.37. The van der Waals surface area contributed by atoms with Crippen molar-refractivity contribution in [3.63, 3.8) is 0 Å². The van der Waals surface area contributed by atoms with Gasteiger partial charge in [0.1, 0.15) is 4.90 Å². The first-order valence-electron chi connectivity index (χ1n) is 5.32. The van der Waals surface area contributed by atoms with Crippen LogP contribution in [-0.4, -0.2) is 18.2 Å². The van der Waals surface area contributed by atoms with E-state index in [0.29, 0.717) is 16.7 Å². The van der Waals surface area contributed by atoms with Gasteiger partial charge in [-0.1, -0.05) is 12.1 Å². The number of aromatic nitrogens is 2. The first-order valence-corrected chi connectivity index (χ1v) is 7.60. The maximum Gasteiger partial charge on any atom is 0.265 e. The van der Waals surface area contributed by atoms with E-state index in [1.807, 2.05) is 13.0 Å². The summed E-state index contributed by atoms with van der Waals surface area (Å²) in [5, 5.41) is 3.95. The lowest BCUT2D eigenvalue weighted by molar-refractivity contribution is 0.600. The van der Waals surface area contributed by atoms with Gasteiger partial charge in [0, 0.05) is 17.2 Å². The van der Waals surface area contributed by atoms with Crippen molar-refractivity contribution in [1.82, 2.24) is 9.78 Å². The lowest BCUT2D eigenvalue weighted by atomic mass is 10.3. The predicted octanol–water partition coefficient (Wildman–Crippen LogP) is 2.47. The molecule has 0 radical (unpaired) electrons. The van der Waals surface area contributed by atoms with E-state index in [0.717, 1.165) is 0 Å². The van der Waals surface area contributed by atoms with Crippen molar-refractivity contribution in [2.45, 2.75) is 18.4 Å². The molecular weight excluding hydrogens is 318 g/mol. The Balaban J connectivity index is 2.30. The molecule has 5 nitrogen and oxygen atoms in total. The average molecular weight is 330 g/mol. The van der Waals surface area contributed by atoms with E-state index in [-0.39, 0.29) is 4.90 Å². The van der Waals surface area contributed by atoms with Gasteiger partial charge in [0.05, 0.1) is 11.9 Å². The molecule has 1 N–H and O–H groups in total. The summed E-state index contributed by atoms with van der Waals surface area (Å²) in [5.41, 5.74) is 0.502. The summed E-state index contributed by atoms with van der Waals surface area (Å²) in [4.78, 5) is 0.153. The zero-order valence-electron chi connectivity index (χ0n) is 9.67. The molecule has 0 aliphatic heterocycles. The highest BCUT2D eigenvalue weighted by atomic mass is 79.9. The minimum Gasteiger partial charge on any atom is -0.278 e. The van der Waals surface area contributed by atoms with E-state index in [1.165, 1.54) is 12.4 Å². The molecule has 1 aromatic heterocycles. The number of aryl methyl sites for hydroxylation is 1. The van der Waals surface area contributed by atoms with E-state index in [4.69, 9.17) is 0 Å². The molecule has 0 unspecified atom stereocenters. The molecule has 1 aromatic carbocycles. The predicted molar refractivity (Wildman–Crippen MR) is 72.9 cm³/mol. The van der Waals surface area contributed by atoms with Crippen molar-refractivity contribution in [2.24, 2.45) is 0 Å². The van der Waals surface area contributed by atoms with Gasteiger partial charge in [0.15, 0.2) is 0 Å². The maximum atomic E-state index is 12.1. The maximum absolute atomic E-state index is 12.1. The number of halogens is 1. The number of para-hydroxylation sites is 1. The molecule has 0 fully saturated rings. The van der Waals surface area contributed by atoms with Crippen LogP contribution in [0.25, 0.3) is 0 Å². The molecule has 0 spiro atoms. The zero-order chi connectivity index (χ0) is 13.2. The van der Waals surface area contributed by atoms with Crippen molar-refractivity contribution < 1.29 is 8.42 Å². The third-order valence-electron chi connectivity index (χ3n) is 2.36. The summed E-state index contributed by atoms with van der Waals surface area (Å²) in [6, 6.07) is 7.04. The second-order valence-corrected chi connectivity index (χ2v) is 6.15. The molecule has 18 heavy (non-hydrogen) atoms. The molecule has 1 heterocycles. The van der Waals surface area contributed by atoms with Gasteiger partial charge < -0.3 is 0 Å². The summed E-state index contributed by atoms with van der Waals surface area (Å²) in [6.45, 7) is 2.52. The van der Waals surface area contributed by atoms with Crippen molar-refractivity contribution in [3.8, 4) is 0 Å². The molecule has 7 heteroatoms. The summed E-state index contributed by atoms with van der Waals surface area (Å²) < 4.78 is 29.0. The van der Waals surface area contributed by atoms with Crippen LogP contribution >= 0.6 is 15.9 Å². The molecule has 0 amide bonds. The van der Waals surface area contributed by atoms with Crippen LogP contribution in [0.15, 0.2) is 46.0 Å².